The normalized spacial score (nSPS) is 21.0. The maximum Gasteiger partial charge on any atom is 0.330 e. The SMILES string of the molecule is Cc1cn([C@H]2C[C@H](O[Si](c3ccccc3)(c3ccccc3)C(C)(C)C)[C@@H](/C=C/Br)O2)c(=O)[nH]c1=O. The predicted octanol–water partition coefficient (Wildman–Crippen LogP) is 3.99. The van der Waals surface area contributed by atoms with Crippen LogP contribution in [0.15, 0.2) is 87.5 Å². The number of aromatic nitrogens is 2. The van der Waals surface area contributed by atoms with Crippen molar-refractivity contribution >= 4 is 34.6 Å². The molecule has 1 aliphatic heterocycles. The summed E-state index contributed by atoms with van der Waals surface area (Å²) in [5.74, 6) is 0. The average molecular weight is 556 g/mol. The number of rotatable bonds is 6. The summed E-state index contributed by atoms with van der Waals surface area (Å²) < 4.78 is 15.1. The molecule has 1 N–H and O–H groups in total. The van der Waals surface area contributed by atoms with Gasteiger partial charge in [-0.3, -0.25) is 14.3 Å². The Labute approximate surface area is 214 Å². The third-order valence-corrected chi connectivity index (χ3v) is 11.9. The predicted molar refractivity (Wildman–Crippen MR) is 145 cm³/mol. The Balaban J connectivity index is 1.82. The summed E-state index contributed by atoms with van der Waals surface area (Å²) >= 11 is 3.39. The van der Waals surface area contributed by atoms with E-state index in [1.165, 1.54) is 14.9 Å². The molecule has 1 fully saturated rings. The number of nitrogens with zero attached hydrogens (tertiary/aromatic N) is 1. The number of ether oxygens (including phenoxy) is 1. The van der Waals surface area contributed by atoms with Gasteiger partial charge in [0.2, 0.25) is 0 Å². The number of H-pyrrole nitrogens is 1. The molecule has 1 aromatic heterocycles. The van der Waals surface area contributed by atoms with Crippen LogP contribution in [0.1, 0.15) is 39.0 Å². The molecular formula is C27H31BrN2O4Si. The van der Waals surface area contributed by atoms with Crippen LogP contribution in [0.4, 0.5) is 0 Å². The Kier molecular flexibility index (Phi) is 7.47. The largest absolute Gasteiger partial charge is 0.401 e. The molecule has 2 heterocycles. The number of aryl methyl sites for hydroxylation is 1. The standard InChI is InChI=1S/C27H31BrN2O4Si/c1-19-18-30(26(32)29-25(19)31)24-17-23(22(33-24)15-16-28)34-35(27(2,3)4,20-11-7-5-8-12-20)21-13-9-6-10-14-21/h5-16,18,22-24H,17H2,1-4H3,(H,29,31,32)/b16-15+/t22-,23+,24-/m1/s1. The Morgan fingerprint density at radius 3 is 2.14 bits per heavy atom. The molecule has 0 bridgehead atoms. The molecule has 35 heavy (non-hydrogen) atoms. The van der Waals surface area contributed by atoms with E-state index in [2.05, 4.69) is 90.2 Å². The van der Waals surface area contributed by atoms with E-state index < -0.39 is 20.2 Å². The molecule has 0 unspecified atom stereocenters. The third-order valence-electron chi connectivity index (χ3n) is 6.58. The summed E-state index contributed by atoms with van der Waals surface area (Å²) in [6.45, 7) is 8.38. The smallest absolute Gasteiger partial charge is 0.330 e. The zero-order valence-corrected chi connectivity index (χ0v) is 23.0. The topological polar surface area (TPSA) is 73.3 Å². The van der Waals surface area contributed by atoms with Crippen LogP contribution >= 0.6 is 15.9 Å². The molecule has 0 radical (unpaired) electrons. The van der Waals surface area contributed by atoms with Crippen LogP contribution in [-0.2, 0) is 9.16 Å². The van der Waals surface area contributed by atoms with E-state index >= 15 is 0 Å². The van der Waals surface area contributed by atoms with E-state index in [9.17, 15) is 9.59 Å². The first-order valence-electron chi connectivity index (χ1n) is 11.7. The number of benzene rings is 2. The van der Waals surface area contributed by atoms with E-state index in [0.29, 0.717) is 12.0 Å². The summed E-state index contributed by atoms with van der Waals surface area (Å²) in [4.78, 5) is 28.7. The van der Waals surface area contributed by atoms with Gasteiger partial charge in [0.25, 0.3) is 13.9 Å². The van der Waals surface area contributed by atoms with Crippen LogP contribution in [-0.4, -0.2) is 30.1 Å². The van der Waals surface area contributed by atoms with Crippen molar-refractivity contribution in [2.45, 2.75) is 57.6 Å². The molecule has 0 amide bonds. The quantitative estimate of drug-likeness (QED) is 0.467. The van der Waals surface area contributed by atoms with Gasteiger partial charge in [0.15, 0.2) is 0 Å². The molecule has 0 spiro atoms. The number of aromatic amines is 1. The van der Waals surface area contributed by atoms with Crippen molar-refractivity contribution in [1.82, 2.24) is 9.55 Å². The van der Waals surface area contributed by atoms with Crippen molar-refractivity contribution in [2.75, 3.05) is 0 Å². The first kappa shape index (κ1) is 25.6. The lowest BCUT2D eigenvalue weighted by Gasteiger charge is -2.45. The number of halogens is 1. The first-order chi connectivity index (χ1) is 16.7. The van der Waals surface area contributed by atoms with Gasteiger partial charge in [0, 0.05) is 18.2 Å². The lowest BCUT2D eigenvalue weighted by atomic mass is 10.2. The summed E-state index contributed by atoms with van der Waals surface area (Å²) in [5.41, 5.74) is -0.420. The number of hydrogen-bond acceptors (Lipinski definition) is 4. The van der Waals surface area contributed by atoms with Crippen molar-refractivity contribution in [3.63, 3.8) is 0 Å². The van der Waals surface area contributed by atoms with Crippen LogP contribution in [0.25, 0.3) is 0 Å². The van der Waals surface area contributed by atoms with Crippen LogP contribution in [0.2, 0.25) is 5.04 Å². The van der Waals surface area contributed by atoms with Crippen LogP contribution < -0.4 is 21.6 Å². The van der Waals surface area contributed by atoms with Gasteiger partial charge >= 0.3 is 5.69 Å². The second-order valence-corrected chi connectivity index (χ2v) is 14.7. The number of nitrogens with one attached hydrogen (secondary N) is 1. The highest BCUT2D eigenvalue weighted by Gasteiger charge is 2.53. The fourth-order valence-corrected chi connectivity index (χ4v) is 9.91. The van der Waals surface area contributed by atoms with Crippen molar-refractivity contribution in [2.24, 2.45) is 0 Å². The first-order valence-corrected chi connectivity index (χ1v) is 14.5. The number of hydrogen-bond donors (Lipinski definition) is 1. The maximum absolute atomic E-state index is 12.6. The minimum absolute atomic E-state index is 0.193. The minimum atomic E-state index is -2.82. The molecule has 0 saturated carbocycles. The van der Waals surface area contributed by atoms with Gasteiger partial charge in [0.05, 0.1) is 6.10 Å². The summed E-state index contributed by atoms with van der Waals surface area (Å²) in [7, 11) is -2.82. The fourth-order valence-electron chi connectivity index (χ4n) is 4.91. The molecule has 1 saturated heterocycles. The second kappa shape index (κ2) is 10.2. The molecular weight excluding hydrogens is 524 g/mol. The summed E-state index contributed by atoms with van der Waals surface area (Å²) in [5, 5.41) is 2.17. The Morgan fingerprint density at radius 1 is 1.06 bits per heavy atom. The fraction of sp³-hybridized carbons (Fsp3) is 0.333. The summed E-state index contributed by atoms with van der Waals surface area (Å²) in [6, 6.07) is 20.9. The molecule has 4 rings (SSSR count). The van der Waals surface area contributed by atoms with Crippen LogP contribution in [0, 0.1) is 6.92 Å². The van der Waals surface area contributed by atoms with E-state index in [1.54, 1.807) is 18.1 Å². The highest BCUT2D eigenvalue weighted by Crippen LogP contribution is 2.41. The van der Waals surface area contributed by atoms with Gasteiger partial charge in [-0.1, -0.05) is 97.4 Å². The average Bonchev–Trinajstić information content (AvgIpc) is 3.22. The lowest BCUT2D eigenvalue weighted by Crippen LogP contribution is -2.68. The zero-order valence-electron chi connectivity index (χ0n) is 20.4. The van der Waals surface area contributed by atoms with Gasteiger partial charge in [-0.25, -0.2) is 4.79 Å². The van der Waals surface area contributed by atoms with E-state index in [0.717, 1.165) is 0 Å². The zero-order chi connectivity index (χ0) is 25.2. The van der Waals surface area contributed by atoms with Crippen molar-refractivity contribution in [1.29, 1.82) is 0 Å². The molecule has 3 atom stereocenters. The monoisotopic (exact) mass is 554 g/mol. The molecule has 0 aliphatic carbocycles. The molecule has 8 heteroatoms. The molecule has 3 aromatic rings. The maximum atomic E-state index is 12.6. The van der Waals surface area contributed by atoms with Crippen LogP contribution in [0.3, 0.4) is 0 Å². The van der Waals surface area contributed by atoms with E-state index in [-0.39, 0.29) is 22.8 Å². The highest BCUT2D eigenvalue weighted by molar-refractivity contribution is 9.11. The Hall–Kier alpha value is -2.52. The third kappa shape index (κ3) is 4.93. The van der Waals surface area contributed by atoms with Crippen LogP contribution in [0.5, 0.6) is 0 Å². The Bertz CT molecular complexity index is 1260. The van der Waals surface area contributed by atoms with E-state index in [1.807, 2.05) is 18.2 Å². The van der Waals surface area contributed by atoms with E-state index in [4.69, 9.17) is 9.16 Å². The minimum Gasteiger partial charge on any atom is -0.401 e. The summed E-state index contributed by atoms with van der Waals surface area (Å²) in [6.07, 6.45) is 2.70. The molecule has 1 aliphatic rings. The van der Waals surface area contributed by atoms with Crippen molar-refractivity contribution < 1.29 is 9.16 Å². The second-order valence-electron chi connectivity index (χ2n) is 9.91. The highest BCUT2D eigenvalue weighted by atomic mass is 79.9. The van der Waals surface area contributed by atoms with Gasteiger partial charge < -0.3 is 9.16 Å². The molecule has 2 aromatic carbocycles. The van der Waals surface area contributed by atoms with Crippen molar-refractivity contribution in [3.05, 3.63) is 104 Å². The van der Waals surface area contributed by atoms with Gasteiger partial charge in [0.1, 0.15) is 12.3 Å². The van der Waals surface area contributed by atoms with Gasteiger partial charge in [-0.15, -0.1) is 0 Å². The van der Waals surface area contributed by atoms with Gasteiger partial charge in [-0.2, -0.15) is 0 Å². The van der Waals surface area contributed by atoms with Crippen molar-refractivity contribution in [3.8, 4) is 0 Å². The molecule has 184 valence electrons. The Morgan fingerprint density at radius 2 is 1.63 bits per heavy atom. The lowest BCUT2D eigenvalue weighted by molar-refractivity contribution is 0.00691. The van der Waals surface area contributed by atoms with Gasteiger partial charge in [-0.05, 0) is 33.4 Å². The molecule has 6 nitrogen and oxygen atoms in total.